The molecule has 0 spiro atoms. The molecule has 1 saturated carbocycles. The van der Waals surface area contributed by atoms with Crippen LogP contribution in [-0.4, -0.2) is 26.4 Å². The summed E-state index contributed by atoms with van der Waals surface area (Å²) < 4.78 is 40.3. The highest BCUT2D eigenvalue weighted by Crippen LogP contribution is 2.45. The summed E-state index contributed by atoms with van der Waals surface area (Å²) in [5.74, 6) is -0.303. The van der Waals surface area contributed by atoms with E-state index >= 15 is 0 Å². The number of amides is 1. The number of aryl methyl sites for hydroxylation is 1. The third-order valence-electron chi connectivity index (χ3n) is 6.01. The van der Waals surface area contributed by atoms with E-state index in [0.29, 0.717) is 0 Å². The first-order valence-corrected chi connectivity index (χ1v) is 12.4. The van der Waals surface area contributed by atoms with Crippen LogP contribution in [0.25, 0.3) is 6.08 Å². The second-order valence-electron chi connectivity index (χ2n) is 8.19. The Balaban J connectivity index is 1.48. The average Bonchev–Trinajstić information content (AvgIpc) is 3.54. The van der Waals surface area contributed by atoms with Crippen molar-refractivity contribution < 1.29 is 18.0 Å². The van der Waals surface area contributed by atoms with Crippen LogP contribution in [0.2, 0.25) is 0 Å². The van der Waals surface area contributed by atoms with Gasteiger partial charge in [0.2, 0.25) is 0 Å². The van der Waals surface area contributed by atoms with Gasteiger partial charge in [-0.3, -0.25) is 9.48 Å². The summed E-state index contributed by atoms with van der Waals surface area (Å²) >= 11 is 3.22. The Bertz CT molecular complexity index is 1210. The second-order valence-corrected chi connectivity index (χ2v) is 10.2. The van der Waals surface area contributed by atoms with E-state index in [1.54, 1.807) is 22.7 Å². The van der Waals surface area contributed by atoms with Gasteiger partial charge in [-0.25, -0.2) is 5.01 Å². The van der Waals surface area contributed by atoms with Crippen molar-refractivity contribution in [1.82, 2.24) is 14.8 Å². The maximum absolute atomic E-state index is 13.4. The average molecular weight is 491 g/mol. The number of hydrogen-bond donors (Lipinski definition) is 0. The number of nitrogens with zero attached hydrogens (tertiary/aromatic N) is 4. The highest BCUT2D eigenvalue weighted by molar-refractivity contribution is 7.11. The number of thiophene rings is 2. The van der Waals surface area contributed by atoms with E-state index in [0.717, 1.165) is 51.0 Å². The molecule has 1 aliphatic carbocycles. The number of carbonyl (C=O) groups is 1. The fourth-order valence-electron chi connectivity index (χ4n) is 4.50. The lowest BCUT2D eigenvalue weighted by Crippen LogP contribution is -2.33. The van der Waals surface area contributed by atoms with Gasteiger partial charge in [-0.1, -0.05) is 12.1 Å². The third kappa shape index (κ3) is 4.29. The first kappa shape index (κ1) is 22.1. The number of allylic oxidation sites excluding steroid dienone is 1. The number of halogens is 3. The van der Waals surface area contributed by atoms with Crippen molar-refractivity contribution in [2.45, 2.75) is 44.9 Å². The van der Waals surface area contributed by atoms with Crippen molar-refractivity contribution in [3.8, 4) is 0 Å². The molecule has 0 bridgehead atoms. The van der Waals surface area contributed by atoms with Gasteiger partial charge < -0.3 is 0 Å². The Morgan fingerprint density at radius 1 is 1.24 bits per heavy atom. The van der Waals surface area contributed by atoms with Crippen molar-refractivity contribution in [2.75, 3.05) is 0 Å². The smallest absolute Gasteiger partial charge is 0.271 e. The zero-order valence-corrected chi connectivity index (χ0v) is 19.4. The van der Waals surface area contributed by atoms with Crippen LogP contribution in [0.5, 0.6) is 0 Å². The first-order valence-electron chi connectivity index (χ1n) is 10.6. The lowest BCUT2D eigenvalue weighted by Gasteiger charge is -2.28. The van der Waals surface area contributed by atoms with Crippen molar-refractivity contribution >= 4 is 40.4 Å². The Morgan fingerprint density at radius 3 is 2.70 bits per heavy atom. The zero-order chi connectivity index (χ0) is 23.2. The maximum Gasteiger partial charge on any atom is 0.435 e. The van der Waals surface area contributed by atoms with Gasteiger partial charge >= 0.3 is 6.18 Å². The maximum atomic E-state index is 13.4. The Morgan fingerprint density at radius 2 is 2.03 bits per heavy atom. The summed E-state index contributed by atoms with van der Waals surface area (Å²) in [5.41, 5.74) is 1.32. The number of hydrazone groups is 1. The zero-order valence-electron chi connectivity index (χ0n) is 17.7. The van der Waals surface area contributed by atoms with Crippen molar-refractivity contribution in [3.63, 3.8) is 0 Å². The van der Waals surface area contributed by atoms with E-state index in [9.17, 15) is 18.0 Å². The quantitative estimate of drug-likeness (QED) is 0.440. The summed E-state index contributed by atoms with van der Waals surface area (Å²) in [5, 5.41) is 13.9. The predicted octanol–water partition coefficient (Wildman–Crippen LogP) is 6.16. The van der Waals surface area contributed by atoms with Crippen LogP contribution in [0.3, 0.4) is 0 Å². The molecule has 33 heavy (non-hydrogen) atoms. The molecule has 2 atom stereocenters. The Hall–Kier alpha value is -2.72. The molecule has 0 unspecified atom stereocenters. The molecule has 3 aromatic heterocycles. The topological polar surface area (TPSA) is 50.5 Å². The standard InChI is InChI=1S/C23H21F3N4OS2/c1-14-11-19(23(24,25)26)27-29(14)13-20(31)30-22(18-8-4-10-33-18)17-7-2-5-15(21(17)28-30)12-16-6-3-9-32-16/h3-4,6,8-12,17,22H,2,5,7,13H2,1H3/b15-12-/t17-,22-/m0/s1. The van der Waals surface area contributed by atoms with Gasteiger partial charge in [0.25, 0.3) is 5.91 Å². The molecule has 0 radical (unpaired) electrons. The van der Waals surface area contributed by atoms with Gasteiger partial charge in [-0.05, 0) is 66.8 Å². The first-order chi connectivity index (χ1) is 15.8. The molecular formula is C23H21F3N4OS2. The number of fused-ring (bicyclic) bond motifs is 1. The van der Waals surface area contributed by atoms with Gasteiger partial charge in [0, 0.05) is 21.4 Å². The molecule has 5 nitrogen and oxygen atoms in total. The minimum absolute atomic E-state index is 0.0667. The van der Waals surface area contributed by atoms with E-state index in [-0.39, 0.29) is 30.1 Å². The molecule has 2 aliphatic rings. The summed E-state index contributed by atoms with van der Waals surface area (Å²) in [4.78, 5) is 15.5. The fourth-order valence-corrected chi connectivity index (χ4v) is 6.06. The van der Waals surface area contributed by atoms with E-state index in [4.69, 9.17) is 5.10 Å². The fraction of sp³-hybridized carbons (Fsp3) is 0.348. The minimum Gasteiger partial charge on any atom is -0.271 e. The van der Waals surface area contributed by atoms with E-state index in [1.165, 1.54) is 11.9 Å². The molecule has 0 saturated heterocycles. The second kappa shape index (κ2) is 8.57. The van der Waals surface area contributed by atoms with Gasteiger partial charge in [-0.15, -0.1) is 22.7 Å². The number of rotatable bonds is 4. The van der Waals surface area contributed by atoms with Crippen LogP contribution in [0.15, 0.2) is 51.8 Å². The summed E-state index contributed by atoms with van der Waals surface area (Å²) in [7, 11) is 0. The van der Waals surface area contributed by atoms with Crippen LogP contribution in [0, 0.1) is 12.8 Å². The van der Waals surface area contributed by atoms with Crippen molar-refractivity contribution in [2.24, 2.45) is 11.0 Å². The largest absolute Gasteiger partial charge is 0.435 e. The number of alkyl halides is 3. The monoisotopic (exact) mass is 490 g/mol. The lowest BCUT2D eigenvalue weighted by atomic mass is 9.79. The molecule has 10 heteroatoms. The molecule has 1 aliphatic heterocycles. The van der Waals surface area contributed by atoms with Crippen molar-refractivity contribution in [3.05, 3.63) is 67.8 Å². The van der Waals surface area contributed by atoms with Crippen LogP contribution in [0.4, 0.5) is 13.2 Å². The summed E-state index contributed by atoms with van der Waals surface area (Å²) in [6.07, 6.45) is 0.384. The summed E-state index contributed by atoms with van der Waals surface area (Å²) in [6.45, 7) is 1.22. The van der Waals surface area contributed by atoms with Crippen molar-refractivity contribution in [1.29, 1.82) is 0 Å². The molecule has 1 fully saturated rings. The number of hydrogen-bond acceptors (Lipinski definition) is 5. The molecular weight excluding hydrogens is 469 g/mol. The highest BCUT2D eigenvalue weighted by atomic mass is 32.1. The Kier molecular flexibility index (Phi) is 5.74. The van der Waals surface area contributed by atoms with Crippen LogP contribution in [0.1, 0.15) is 46.4 Å². The van der Waals surface area contributed by atoms with E-state index in [2.05, 4.69) is 17.2 Å². The minimum atomic E-state index is -4.55. The van der Waals surface area contributed by atoms with E-state index in [1.807, 2.05) is 29.0 Å². The van der Waals surface area contributed by atoms with Gasteiger partial charge in [0.1, 0.15) is 6.54 Å². The molecule has 172 valence electrons. The van der Waals surface area contributed by atoms with Crippen LogP contribution >= 0.6 is 22.7 Å². The van der Waals surface area contributed by atoms with E-state index < -0.39 is 11.9 Å². The van der Waals surface area contributed by atoms with Gasteiger partial charge in [0.05, 0.1) is 11.8 Å². The normalized spacial score (nSPS) is 22.0. The summed E-state index contributed by atoms with van der Waals surface area (Å²) in [6, 6.07) is 8.69. The molecule has 5 rings (SSSR count). The molecule has 3 aromatic rings. The number of aromatic nitrogens is 2. The van der Waals surface area contributed by atoms with Gasteiger partial charge in [-0.2, -0.15) is 23.4 Å². The number of carbonyl (C=O) groups excluding carboxylic acids is 1. The molecule has 0 aromatic carbocycles. The predicted molar refractivity (Wildman–Crippen MR) is 123 cm³/mol. The molecule has 4 heterocycles. The SMILES string of the molecule is Cc1cc(C(F)(F)F)nn1CC(=O)N1N=C2/C(=C\c3cccs3)CCC[C@@H]2[C@H]1c1cccs1. The molecule has 0 N–H and O–H groups in total. The van der Waals surface area contributed by atoms with Crippen LogP contribution in [-0.2, 0) is 17.5 Å². The highest BCUT2D eigenvalue weighted by Gasteiger charge is 2.44. The van der Waals surface area contributed by atoms with Crippen LogP contribution < -0.4 is 0 Å². The van der Waals surface area contributed by atoms with Gasteiger partial charge in [0.15, 0.2) is 5.69 Å². The Labute approximate surface area is 196 Å². The molecule has 1 amide bonds. The third-order valence-corrected chi connectivity index (χ3v) is 7.77. The lowest BCUT2D eigenvalue weighted by molar-refractivity contribution is -0.142.